The van der Waals surface area contributed by atoms with Crippen molar-refractivity contribution in [3.05, 3.63) is 35.4 Å². The smallest absolute Gasteiger partial charge is 0.0688 e. The molecule has 1 fully saturated rings. The van der Waals surface area contributed by atoms with E-state index in [1.165, 1.54) is 24.0 Å². The molecule has 1 aromatic carbocycles. The van der Waals surface area contributed by atoms with Crippen molar-refractivity contribution in [2.24, 2.45) is 5.92 Å². The molecule has 0 unspecified atom stereocenters. The van der Waals surface area contributed by atoms with Crippen LogP contribution in [0.3, 0.4) is 0 Å². The van der Waals surface area contributed by atoms with Gasteiger partial charge in [0.25, 0.3) is 0 Å². The normalized spacial score (nSPS) is 28.6. The van der Waals surface area contributed by atoms with Crippen LogP contribution >= 0.6 is 0 Å². The Kier molecular flexibility index (Phi) is 4.11. The molecule has 0 atom stereocenters. The number of hydrogen-bond acceptors (Lipinski definition) is 1. The maximum atomic E-state index is 10.6. The first-order valence-corrected chi connectivity index (χ1v) is 7.30. The van der Waals surface area contributed by atoms with Crippen LogP contribution in [0.25, 0.3) is 0 Å². The van der Waals surface area contributed by atoms with E-state index in [0.717, 1.165) is 25.2 Å². The van der Waals surface area contributed by atoms with Crippen LogP contribution in [0.1, 0.15) is 63.5 Å². The molecule has 1 aromatic rings. The lowest BCUT2D eigenvalue weighted by Gasteiger charge is -2.35. The van der Waals surface area contributed by atoms with Crippen molar-refractivity contribution in [3.63, 3.8) is 0 Å². The summed E-state index contributed by atoms with van der Waals surface area (Å²) in [4.78, 5) is 0. The largest absolute Gasteiger partial charge is 0.390 e. The second-order valence-electron chi connectivity index (χ2n) is 6.48. The van der Waals surface area contributed by atoms with Crippen LogP contribution in [0.4, 0.5) is 0 Å². The van der Waals surface area contributed by atoms with Crippen molar-refractivity contribution in [1.82, 2.24) is 0 Å². The first kappa shape index (κ1) is 13.6. The van der Waals surface area contributed by atoms with Gasteiger partial charge in [-0.1, -0.05) is 45.0 Å². The Bertz CT molecular complexity index is 369. The Balaban J connectivity index is 2.00. The van der Waals surface area contributed by atoms with E-state index in [0.29, 0.717) is 5.92 Å². The first-order valence-electron chi connectivity index (χ1n) is 7.30. The predicted octanol–water partition coefficient (Wildman–Crippen LogP) is 4.29. The third kappa shape index (κ3) is 3.35. The molecule has 1 aliphatic carbocycles. The zero-order chi connectivity index (χ0) is 13.2. The Morgan fingerprint density at radius 1 is 1.17 bits per heavy atom. The molecule has 2 rings (SSSR count). The van der Waals surface area contributed by atoms with Crippen molar-refractivity contribution in [2.45, 2.75) is 64.4 Å². The van der Waals surface area contributed by atoms with Gasteiger partial charge >= 0.3 is 0 Å². The minimum atomic E-state index is -0.453. The summed E-state index contributed by atoms with van der Waals surface area (Å²) in [5.74, 6) is 1.37. The summed E-state index contributed by atoms with van der Waals surface area (Å²) in [6.07, 6.45) is 5.07. The van der Waals surface area contributed by atoms with Gasteiger partial charge < -0.3 is 5.11 Å². The summed E-state index contributed by atoms with van der Waals surface area (Å²) in [5, 5.41) is 10.6. The quantitative estimate of drug-likeness (QED) is 0.843. The monoisotopic (exact) mass is 246 g/mol. The molecule has 0 aliphatic heterocycles. The van der Waals surface area contributed by atoms with Crippen LogP contribution < -0.4 is 0 Å². The number of benzene rings is 1. The molecule has 0 spiro atoms. The molecule has 1 heteroatoms. The van der Waals surface area contributed by atoms with E-state index >= 15 is 0 Å². The van der Waals surface area contributed by atoms with Crippen LogP contribution in [0, 0.1) is 5.92 Å². The molecular weight excluding hydrogens is 220 g/mol. The highest BCUT2D eigenvalue weighted by molar-refractivity contribution is 5.25. The second kappa shape index (κ2) is 5.44. The summed E-state index contributed by atoms with van der Waals surface area (Å²) >= 11 is 0. The molecule has 18 heavy (non-hydrogen) atoms. The van der Waals surface area contributed by atoms with E-state index in [1.807, 2.05) is 0 Å². The Labute approximate surface area is 111 Å². The topological polar surface area (TPSA) is 20.2 Å². The lowest BCUT2D eigenvalue weighted by molar-refractivity contribution is -0.00667. The fraction of sp³-hybridized carbons (Fsp3) is 0.647. The van der Waals surface area contributed by atoms with Gasteiger partial charge in [0.05, 0.1) is 5.60 Å². The van der Waals surface area contributed by atoms with Crippen molar-refractivity contribution in [2.75, 3.05) is 0 Å². The number of rotatable bonds is 3. The van der Waals surface area contributed by atoms with E-state index in [1.54, 1.807) is 0 Å². The lowest BCUT2D eigenvalue weighted by Crippen LogP contribution is -2.35. The van der Waals surface area contributed by atoms with Crippen molar-refractivity contribution >= 4 is 0 Å². The maximum Gasteiger partial charge on any atom is 0.0688 e. The molecule has 0 radical (unpaired) electrons. The fourth-order valence-corrected chi connectivity index (χ4v) is 2.88. The van der Waals surface area contributed by atoms with Crippen LogP contribution in [-0.2, 0) is 6.42 Å². The number of aliphatic hydroxyl groups is 1. The highest BCUT2D eigenvalue weighted by Gasteiger charge is 2.31. The van der Waals surface area contributed by atoms with Gasteiger partial charge in [0.1, 0.15) is 0 Å². The van der Waals surface area contributed by atoms with Gasteiger partial charge in [-0.15, -0.1) is 0 Å². The van der Waals surface area contributed by atoms with Crippen LogP contribution in [0.5, 0.6) is 0 Å². The van der Waals surface area contributed by atoms with Gasteiger partial charge in [-0.25, -0.2) is 0 Å². The van der Waals surface area contributed by atoms with E-state index < -0.39 is 5.60 Å². The van der Waals surface area contributed by atoms with Crippen LogP contribution in [0.2, 0.25) is 0 Å². The zero-order valence-electron chi connectivity index (χ0n) is 11.9. The van der Waals surface area contributed by atoms with Gasteiger partial charge in [-0.2, -0.15) is 0 Å². The second-order valence-corrected chi connectivity index (χ2v) is 6.48. The third-order valence-electron chi connectivity index (χ3n) is 4.38. The van der Waals surface area contributed by atoms with Crippen molar-refractivity contribution in [1.29, 1.82) is 0 Å². The van der Waals surface area contributed by atoms with E-state index in [-0.39, 0.29) is 0 Å². The highest BCUT2D eigenvalue weighted by atomic mass is 16.3. The predicted molar refractivity (Wildman–Crippen MR) is 76.8 cm³/mol. The lowest BCUT2D eigenvalue weighted by atomic mass is 9.76. The van der Waals surface area contributed by atoms with Crippen LogP contribution in [-0.4, -0.2) is 10.7 Å². The zero-order valence-corrected chi connectivity index (χ0v) is 11.9. The Hall–Kier alpha value is -0.820. The molecule has 0 amide bonds. The fourth-order valence-electron chi connectivity index (χ4n) is 2.88. The summed E-state index contributed by atoms with van der Waals surface area (Å²) in [6, 6.07) is 8.78. The number of hydrogen-bond donors (Lipinski definition) is 1. The van der Waals surface area contributed by atoms with E-state index in [9.17, 15) is 5.11 Å². The molecule has 100 valence electrons. The van der Waals surface area contributed by atoms with Gasteiger partial charge in [-0.3, -0.25) is 0 Å². The molecule has 1 saturated carbocycles. The van der Waals surface area contributed by atoms with Gasteiger partial charge in [0, 0.05) is 6.42 Å². The minimum Gasteiger partial charge on any atom is -0.390 e. The van der Waals surface area contributed by atoms with Crippen molar-refractivity contribution in [3.8, 4) is 0 Å². The summed E-state index contributed by atoms with van der Waals surface area (Å²) in [7, 11) is 0. The van der Waals surface area contributed by atoms with Crippen LogP contribution in [0.15, 0.2) is 24.3 Å². The van der Waals surface area contributed by atoms with Gasteiger partial charge in [-0.05, 0) is 48.6 Å². The molecule has 0 bridgehead atoms. The molecule has 1 N–H and O–H groups in total. The Morgan fingerprint density at radius 3 is 2.22 bits per heavy atom. The minimum absolute atomic E-state index is 0.453. The summed E-state index contributed by atoms with van der Waals surface area (Å²) in [5.41, 5.74) is 2.20. The van der Waals surface area contributed by atoms with Gasteiger partial charge in [0.2, 0.25) is 0 Å². The summed E-state index contributed by atoms with van der Waals surface area (Å²) < 4.78 is 0. The SMILES string of the molecule is CC1CCC(O)(Cc2ccc(C(C)C)cc2)CC1. The molecule has 1 aliphatic rings. The highest BCUT2D eigenvalue weighted by Crippen LogP contribution is 2.34. The van der Waals surface area contributed by atoms with E-state index in [2.05, 4.69) is 45.0 Å². The molecule has 1 nitrogen and oxygen atoms in total. The molecular formula is C17H26O. The molecule has 0 heterocycles. The Morgan fingerprint density at radius 2 is 1.72 bits per heavy atom. The third-order valence-corrected chi connectivity index (χ3v) is 4.38. The molecule has 0 aromatic heterocycles. The molecule has 0 saturated heterocycles. The first-order chi connectivity index (χ1) is 8.48. The van der Waals surface area contributed by atoms with Gasteiger partial charge in [0.15, 0.2) is 0 Å². The van der Waals surface area contributed by atoms with Crippen molar-refractivity contribution < 1.29 is 5.11 Å². The average molecular weight is 246 g/mol. The standard InChI is InChI=1S/C17H26O/c1-13(2)16-6-4-15(5-7-16)12-17(18)10-8-14(3)9-11-17/h4-7,13-14,18H,8-12H2,1-3H3. The average Bonchev–Trinajstić information content (AvgIpc) is 2.34. The summed E-state index contributed by atoms with van der Waals surface area (Å²) in [6.45, 7) is 6.72. The maximum absolute atomic E-state index is 10.6. The van der Waals surface area contributed by atoms with E-state index in [4.69, 9.17) is 0 Å².